The van der Waals surface area contributed by atoms with Gasteiger partial charge in [-0.1, -0.05) is 36.0 Å². The van der Waals surface area contributed by atoms with Gasteiger partial charge in [-0.05, 0) is 30.7 Å². The van der Waals surface area contributed by atoms with E-state index in [4.69, 9.17) is 28.6 Å². The Morgan fingerprint density at radius 1 is 1.18 bits per heavy atom. The molecule has 0 unspecified atom stereocenters. The van der Waals surface area contributed by atoms with E-state index in [1.807, 2.05) is 0 Å². The molecule has 0 radical (unpaired) electrons. The minimum Gasteiger partial charge on any atom is -0.394 e. The minimum atomic E-state index is -1.54. The van der Waals surface area contributed by atoms with E-state index < -0.39 is 37.3 Å². The maximum atomic E-state index is 10.4. The molecule has 0 bridgehead atoms. The Labute approximate surface area is 171 Å². The van der Waals surface area contributed by atoms with Crippen molar-refractivity contribution >= 4 is 23.8 Å². The summed E-state index contributed by atoms with van der Waals surface area (Å²) in [6, 6.07) is 10.8. The second-order valence-electron chi connectivity index (χ2n) is 6.59. The lowest BCUT2D eigenvalue weighted by atomic mass is 9.97. The van der Waals surface area contributed by atoms with Gasteiger partial charge in [0.15, 0.2) is 6.23 Å². The summed E-state index contributed by atoms with van der Waals surface area (Å²) in [4.78, 5) is 0. The van der Waals surface area contributed by atoms with E-state index in [2.05, 4.69) is 6.07 Å². The number of nitrogens with zero attached hydrogens (tertiary/aromatic N) is 2. The van der Waals surface area contributed by atoms with Crippen molar-refractivity contribution in [1.29, 1.82) is 5.26 Å². The Hall–Kier alpha value is -1.83. The van der Waals surface area contributed by atoms with E-state index in [-0.39, 0.29) is 10.2 Å². The lowest BCUT2D eigenvalue weighted by molar-refractivity contribution is -0.252. The average molecular weight is 423 g/mol. The molecule has 1 aromatic heterocycles. The number of aryl methyl sites for hydroxylation is 1. The van der Waals surface area contributed by atoms with Gasteiger partial charge in [-0.3, -0.25) is 0 Å². The fourth-order valence-electron chi connectivity index (χ4n) is 3.32. The number of aromatic nitrogens is 1. The molecule has 3 rings (SSSR count). The number of aliphatic hydroxyl groups excluding tert-OH is 4. The first-order valence-electron chi connectivity index (χ1n) is 8.52. The van der Waals surface area contributed by atoms with Crippen LogP contribution in [-0.4, -0.2) is 56.0 Å². The topological polar surface area (TPSA) is 119 Å². The standard InChI is InChI=1S/C19H19ClN2O5S/c1-9-6-12(10-2-4-11(20)5-3-10)13(7-21)19(28)22(9)18-17(26)16(25)15(24)14(8-23)27-18/h2-6,14-18,23-26H,8H2,1H3/t14-,15+,16+,17+,18+/m0/s1. The van der Waals surface area contributed by atoms with Gasteiger partial charge in [-0.25, -0.2) is 0 Å². The van der Waals surface area contributed by atoms with Gasteiger partial charge in [0.1, 0.15) is 35.1 Å². The van der Waals surface area contributed by atoms with E-state index in [0.29, 0.717) is 16.3 Å². The van der Waals surface area contributed by atoms with Crippen LogP contribution in [-0.2, 0) is 4.74 Å². The molecule has 0 spiro atoms. The number of halogens is 1. The second kappa shape index (κ2) is 8.27. The van der Waals surface area contributed by atoms with Crippen molar-refractivity contribution in [3.63, 3.8) is 0 Å². The van der Waals surface area contributed by atoms with Crippen LogP contribution in [0.25, 0.3) is 11.1 Å². The van der Waals surface area contributed by atoms with E-state index in [0.717, 1.165) is 5.56 Å². The number of benzene rings is 1. The predicted octanol–water partition coefficient (Wildman–Crippen LogP) is 1.69. The Morgan fingerprint density at radius 3 is 2.39 bits per heavy atom. The zero-order valence-electron chi connectivity index (χ0n) is 14.9. The summed E-state index contributed by atoms with van der Waals surface area (Å²) >= 11 is 11.4. The first kappa shape index (κ1) is 20.9. The molecule has 5 atom stereocenters. The first-order chi connectivity index (χ1) is 13.3. The van der Waals surface area contributed by atoms with Gasteiger partial charge in [0.25, 0.3) is 0 Å². The molecule has 1 aliphatic heterocycles. The highest BCUT2D eigenvalue weighted by Gasteiger charge is 2.44. The van der Waals surface area contributed by atoms with E-state index in [9.17, 15) is 25.7 Å². The average Bonchev–Trinajstić information content (AvgIpc) is 2.68. The van der Waals surface area contributed by atoms with Crippen LogP contribution in [0, 0.1) is 22.9 Å². The van der Waals surface area contributed by atoms with Crippen LogP contribution in [0.4, 0.5) is 0 Å². The minimum absolute atomic E-state index is 0.108. The van der Waals surface area contributed by atoms with Gasteiger partial charge < -0.3 is 29.7 Å². The Kier molecular flexibility index (Phi) is 6.17. The molecule has 9 heteroatoms. The highest BCUT2D eigenvalue weighted by Crippen LogP contribution is 2.33. The summed E-state index contributed by atoms with van der Waals surface area (Å²) in [6.45, 7) is 1.17. The molecular weight excluding hydrogens is 404 g/mol. The number of pyridine rings is 1. The molecule has 0 aliphatic carbocycles. The molecule has 1 saturated heterocycles. The summed E-state index contributed by atoms with van der Waals surface area (Å²) in [5.41, 5.74) is 2.11. The van der Waals surface area contributed by atoms with Crippen LogP contribution >= 0.6 is 23.8 Å². The Morgan fingerprint density at radius 2 is 1.82 bits per heavy atom. The molecule has 1 aliphatic rings. The lowest BCUT2D eigenvalue weighted by Crippen LogP contribution is -2.56. The second-order valence-corrected chi connectivity index (χ2v) is 7.41. The molecular formula is C19H19ClN2O5S. The van der Waals surface area contributed by atoms with Crippen LogP contribution in [0.15, 0.2) is 30.3 Å². The molecule has 0 saturated carbocycles. The lowest BCUT2D eigenvalue weighted by Gasteiger charge is -2.41. The molecule has 2 aromatic rings. The fraction of sp³-hybridized carbons (Fsp3) is 0.368. The maximum Gasteiger partial charge on any atom is 0.164 e. The van der Waals surface area contributed by atoms with Crippen LogP contribution in [0.3, 0.4) is 0 Å². The van der Waals surface area contributed by atoms with E-state index in [1.54, 1.807) is 37.3 Å². The monoisotopic (exact) mass is 422 g/mol. The Bertz CT molecular complexity index is 970. The number of nitriles is 1. The highest BCUT2D eigenvalue weighted by atomic mass is 35.5. The molecule has 4 N–H and O–H groups in total. The summed E-state index contributed by atoms with van der Waals surface area (Å²) in [7, 11) is 0. The zero-order valence-corrected chi connectivity index (χ0v) is 16.4. The molecule has 1 aromatic carbocycles. The van der Waals surface area contributed by atoms with Crippen molar-refractivity contribution in [2.24, 2.45) is 0 Å². The van der Waals surface area contributed by atoms with Gasteiger partial charge in [0.2, 0.25) is 0 Å². The van der Waals surface area contributed by atoms with Crippen LogP contribution in [0.1, 0.15) is 17.5 Å². The normalized spacial score (nSPS) is 27.4. The van der Waals surface area contributed by atoms with Crippen molar-refractivity contribution in [1.82, 2.24) is 4.57 Å². The summed E-state index contributed by atoms with van der Waals surface area (Å²) in [5.74, 6) is 0. The van der Waals surface area contributed by atoms with E-state index in [1.165, 1.54) is 4.57 Å². The fourth-order valence-corrected chi connectivity index (χ4v) is 3.85. The SMILES string of the molecule is Cc1cc(-c2ccc(Cl)cc2)c(C#N)c(=S)n1[C@@H]1O[C@@H](CO)[C@@H](O)[C@@H](O)[C@H]1O. The van der Waals surface area contributed by atoms with Gasteiger partial charge in [-0.15, -0.1) is 0 Å². The maximum absolute atomic E-state index is 10.4. The summed E-state index contributed by atoms with van der Waals surface area (Å²) < 4.78 is 7.12. The summed E-state index contributed by atoms with van der Waals surface area (Å²) in [6.07, 6.45) is -6.77. The summed E-state index contributed by atoms with van der Waals surface area (Å²) in [5, 5.41) is 50.2. The van der Waals surface area contributed by atoms with Crippen molar-refractivity contribution < 1.29 is 25.2 Å². The quantitative estimate of drug-likeness (QED) is 0.556. The number of aliphatic hydroxyl groups is 4. The van der Waals surface area contributed by atoms with Crippen molar-refractivity contribution in [3.05, 3.63) is 51.3 Å². The first-order valence-corrected chi connectivity index (χ1v) is 9.31. The molecule has 2 heterocycles. The van der Waals surface area contributed by atoms with Gasteiger partial charge in [0.05, 0.1) is 12.2 Å². The van der Waals surface area contributed by atoms with E-state index >= 15 is 0 Å². The number of hydrogen-bond acceptors (Lipinski definition) is 7. The van der Waals surface area contributed by atoms with Crippen molar-refractivity contribution in [3.8, 4) is 17.2 Å². The van der Waals surface area contributed by atoms with Gasteiger partial charge in [-0.2, -0.15) is 5.26 Å². The molecule has 148 valence electrons. The van der Waals surface area contributed by atoms with Gasteiger partial charge >= 0.3 is 0 Å². The van der Waals surface area contributed by atoms with Crippen LogP contribution in [0.5, 0.6) is 0 Å². The van der Waals surface area contributed by atoms with Crippen molar-refractivity contribution in [2.45, 2.75) is 37.6 Å². The number of hydrogen-bond donors (Lipinski definition) is 4. The third-order valence-electron chi connectivity index (χ3n) is 4.82. The predicted molar refractivity (Wildman–Crippen MR) is 104 cm³/mol. The zero-order chi connectivity index (χ0) is 20.6. The third kappa shape index (κ3) is 3.58. The smallest absolute Gasteiger partial charge is 0.164 e. The van der Waals surface area contributed by atoms with Gasteiger partial charge in [0, 0.05) is 16.3 Å². The third-order valence-corrected chi connectivity index (χ3v) is 5.48. The largest absolute Gasteiger partial charge is 0.394 e. The Balaban J connectivity index is 2.14. The van der Waals surface area contributed by atoms with Crippen LogP contribution in [0.2, 0.25) is 5.02 Å². The van der Waals surface area contributed by atoms with Crippen molar-refractivity contribution in [2.75, 3.05) is 6.61 Å². The molecule has 28 heavy (non-hydrogen) atoms. The molecule has 7 nitrogen and oxygen atoms in total. The number of ether oxygens (including phenoxy) is 1. The highest BCUT2D eigenvalue weighted by molar-refractivity contribution is 7.71. The molecule has 0 amide bonds. The molecule has 1 fully saturated rings. The van der Waals surface area contributed by atoms with Crippen LogP contribution < -0.4 is 0 Å². The number of rotatable bonds is 3.